The van der Waals surface area contributed by atoms with Crippen LogP contribution in [0.4, 0.5) is 22.0 Å². The van der Waals surface area contributed by atoms with Gasteiger partial charge in [-0.2, -0.15) is 0 Å². The lowest BCUT2D eigenvalue weighted by molar-refractivity contribution is 0.102. The minimum Gasteiger partial charge on any atom is -0.321 e. The normalized spacial score (nSPS) is 13.7. The predicted molar refractivity (Wildman–Crippen MR) is 110 cm³/mol. The fourth-order valence-electron chi connectivity index (χ4n) is 3.24. The summed E-state index contributed by atoms with van der Waals surface area (Å²) in [5.74, 6) is 0.387. The van der Waals surface area contributed by atoms with E-state index in [1.807, 2.05) is 55.5 Å². The minimum atomic E-state index is -0.180. The molecule has 0 atom stereocenters. The molecule has 0 radical (unpaired) electrons. The van der Waals surface area contributed by atoms with E-state index in [1.165, 1.54) is 0 Å². The molecule has 1 aromatic heterocycles. The summed E-state index contributed by atoms with van der Waals surface area (Å²) in [6.45, 7) is 3.07. The fraction of sp³-hybridized carbons (Fsp3) is 0.136. The van der Waals surface area contributed by atoms with Gasteiger partial charge >= 0.3 is 6.03 Å². The van der Waals surface area contributed by atoms with E-state index in [-0.39, 0.29) is 11.9 Å². The number of aryl methyl sites for hydroxylation is 1. The number of aromatic nitrogens is 1. The van der Waals surface area contributed by atoms with Gasteiger partial charge in [0.05, 0.1) is 11.9 Å². The fourth-order valence-corrected chi connectivity index (χ4v) is 3.24. The molecule has 6 heteroatoms. The van der Waals surface area contributed by atoms with Crippen molar-refractivity contribution < 1.29 is 9.59 Å². The van der Waals surface area contributed by atoms with Crippen molar-refractivity contribution in [2.45, 2.75) is 6.92 Å². The summed E-state index contributed by atoms with van der Waals surface area (Å²) in [5, 5.41) is 2.85. The number of nitrogens with zero attached hydrogens (tertiary/aromatic N) is 3. The van der Waals surface area contributed by atoms with Gasteiger partial charge in [0.25, 0.3) is 5.91 Å². The van der Waals surface area contributed by atoms with E-state index < -0.39 is 0 Å². The Kier molecular flexibility index (Phi) is 4.76. The van der Waals surface area contributed by atoms with E-state index >= 15 is 0 Å². The first kappa shape index (κ1) is 17.7. The third kappa shape index (κ3) is 3.44. The first-order valence-corrected chi connectivity index (χ1v) is 9.10. The van der Waals surface area contributed by atoms with Crippen molar-refractivity contribution in [1.82, 2.24) is 4.98 Å². The molecule has 140 valence electrons. The zero-order valence-corrected chi connectivity index (χ0v) is 15.5. The minimum absolute atomic E-state index is 0.101. The van der Waals surface area contributed by atoms with Gasteiger partial charge in [-0.3, -0.25) is 14.6 Å². The van der Waals surface area contributed by atoms with Crippen LogP contribution in [0.3, 0.4) is 0 Å². The molecule has 28 heavy (non-hydrogen) atoms. The van der Waals surface area contributed by atoms with Gasteiger partial charge in [-0.25, -0.2) is 9.78 Å². The van der Waals surface area contributed by atoms with Crippen LogP contribution in [0.25, 0.3) is 0 Å². The van der Waals surface area contributed by atoms with Crippen LogP contribution in [0.5, 0.6) is 0 Å². The maximum atomic E-state index is 12.7. The van der Waals surface area contributed by atoms with Crippen LogP contribution >= 0.6 is 0 Å². The number of carbonyl (C=O) groups is 2. The Bertz CT molecular complexity index is 1000. The summed E-state index contributed by atoms with van der Waals surface area (Å²) < 4.78 is 0. The first-order valence-electron chi connectivity index (χ1n) is 9.10. The molecule has 2 heterocycles. The van der Waals surface area contributed by atoms with Crippen LogP contribution in [0.2, 0.25) is 0 Å². The van der Waals surface area contributed by atoms with Gasteiger partial charge < -0.3 is 5.32 Å². The number of urea groups is 1. The molecule has 1 fully saturated rings. The lowest BCUT2D eigenvalue weighted by atomic mass is 10.1. The van der Waals surface area contributed by atoms with Crippen molar-refractivity contribution >= 4 is 29.1 Å². The zero-order chi connectivity index (χ0) is 19.5. The number of carbonyl (C=O) groups excluding carboxylic acids is 2. The number of amides is 3. The Hall–Kier alpha value is -3.67. The molecule has 3 aromatic rings. The van der Waals surface area contributed by atoms with Gasteiger partial charge in [0.15, 0.2) is 0 Å². The smallest absolute Gasteiger partial charge is 0.321 e. The molecule has 1 aliphatic heterocycles. The van der Waals surface area contributed by atoms with Crippen LogP contribution in [0.15, 0.2) is 72.9 Å². The second-order valence-corrected chi connectivity index (χ2v) is 6.60. The lowest BCUT2D eigenvalue weighted by Crippen LogP contribution is -2.32. The number of hydrogen-bond donors (Lipinski definition) is 1. The van der Waals surface area contributed by atoms with Gasteiger partial charge in [0.1, 0.15) is 5.82 Å². The Morgan fingerprint density at radius 1 is 0.929 bits per heavy atom. The SMILES string of the molecule is Cc1ccccc1C(=O)Nc1ccc(N2CCN(c3ccccc3)C2=O)nc1. The number of para-hydroxylation sites is 1. The molecule has 2 aromatic carbocycles. The number of benzene rings is 2. The second kappa shape index (κ2) is 7.52. The monoisotopic (exact) mass is 372 g/mol. The van der Waals surface area contributed by atoms with E-state index in [0.29, 0.717) is 30.2 Å². The summed E-state index contributed by atoms with van der Waals surface area (Å²) in [5.41, 5.74) is 2.99. The summed E-state index contributed by atoms with van der Waals surface area (Å²) in [7, 11) is 0. The molecule has 0 spiro atoms. The van der Waals surface area contributed by atoms with Gasteiger partial charge in [-0.05, 0) is 42.8 Å². The third-order valence-electron chi connectivity index (χ3n) is 4.75. The Morgan fingerprint density at radius 2 is 1.64 bits per heavy atom. The molecular weight excluding hydrogens is 352 g/mol. The van der Waals surface area contributed by atoms with E-state index in [4.69, 9.17) is 0 Å². The molecule has 0 bridgehead atoms. The molecule has 0 aliphatic carbocycles. The number of nitrogens with one attached hydrogen (secondary N) is 1. The van der Waals surface area contributed by atoms with Crippen LogP contribution in [-0.4, -0.2) is 30.0 Å². The summed E-state index contributed by atoms with van der Waals surface area (Å²) in [6, 6.07) is 20.4. The van der Waals surface area contributed by atoms with Crippen LogP contribution in [0.1, 0.15) is 15.9 Å². The van der Waals surface area contributed by atoms with Crippen molar-refractivity contribution in [2.24, 2.45) is 0 Å². The summed E-state index contributed by atoms with van der Waals surface area (Å²) >= 11 is 0. The summed E-state index contributed by atoms with van der Waals surface area (Å²) in [4.78, 5) is 32.9. The van der Waals surface area contributed by atoms with Gasteiger partial charge in [0.2, 0.25) is 0 Å². The highest BCUT2D eigenvalue weighted by atomic mass is 16.2. The number of hydrogen-bond acceptors (Lipinski definition) is 3. The average Bonchev–Trinajstić information content (AvgIpc) is 3.11. The molecule has 3 amide bonds. The molecule has 0 unspecified atom stereocenters. The first-order chi connectivity index (χ1) is 13.6. The predicted octanol–water partition coefficient (Wildman–Crippen LogP) is 4.09. The largest absolute Gasteiger partial charge is 0.330 e. The van der Waals surface area contributed by atoms with E-state index in [2.05, 4.69) is 10.3 Å². The maximum absolute atomic E-state index is 12.7. The van der Waals surface area contributed by atoms with Gasteiger partial charge in [-0.1, -0.05) is 36.4 Å². The second-order valence-electron chi connectivity index (χ2n) is 6.60. The Morgan fingerprint density at radius 3 is 2.36 bits per heavy atom. The molecule has 1 saturated heterocycles. The zero-order valence-electron chi connectivity index (χ0n) is 15.5. The van der Waals surface area contributed by atoms with Gasteiger partial charge in [-0.15, -0.1) is 0 Å². The van der Waals surface area contributed by atoms with Crippen molar-refractivity contribution in [3.05, 3.63) is 84.1 Å². The quantitative estimate of drug-likeness (QED) is 0.750. The highest BCUT2D eigenvalue weighted by molar-refractivity contribution is 6.06. The van der Waals surface area contributed by atoms with Crippen molar-refractivity contribution in [3.8, 4) is 0 Å². The topological polar surface area (TPSA) is 65.5 Å². The Balaban J connectivity index is 1.46. The highest BCUT2D eigenvalue weighted by Crippen LogP contribution is 2.24. The van der Waals surface area contributed by atoms with Crippen LogP contribution in [-0.2, 0) is 0 Å². The number of rotatable bonds is 4. The van der Waals surface area contributed by atoms with Crippen LogP contribution in [0, 0.1) is 6.92 Å². The summed E-state index contributed by atoms with van der Waals surface area (Å²) in [6.07, 6.45) is 1.57. The van der Waals surface area contributed by atoms with E-state index in [1.54, 1.807) is 34.2 Å². The Labute approximate surface area is 163 Å². The molecule has 1 aliphatic rings. The van der Waals surface area contributed by atoms with E-state index in [9.17, 15) is 9.59 Å². The van der Waals surface area contributed by atoms with Crippen molar-refractivity contribution in [1.29, 1.82) is 0 Å². The standard InChI is InChI=1S/C22H20N4O2/c1-16-7-5-6-10-19(16)21(27)24-17-11-12-20(23-15-17)26-14-13-25(22(26)28)18-8-3-2-4-9-18/h2-12,15H,13-14H2,1H3,(H,24,27). The van der Waals surface area contributed by atoms with Crippen LogP contribution < -0.4 is 15.1 Å². The molecule has 4 rings (SSSR count). The molecule has 1 N–H and O–H groups in total. The van der Waals surface area contributed by atoms with E-state index in [0.717, 1.165) is 11.3 Å². The molecule has 6 nitrogen and oxygen atoms in total. The highest BCUT2D eigenvalue weighted by Gasteiger charge is 2.31. The third-order valence-corrected chi connectivity index (χ3v) is 4.75. The molecular formula is C22H20N4O2. The van der Waals surface area contributed by atoms with Crippen molar-refractivity contribution in [3.63, 3.8) is 0 Å². The van der Waals surface area contributed by atoms with Crippen molar-refractivity contribution in [2.75, 3.05) is 28.2 Å². The average molecular weight is 372 g/mol. The maximum Gasteiger partial charge on any atom is 0.330 e. The number of anilines is 3. The van der Waals surface area contributed by atoms with Gasteiger partial charge in [0, 0.05) is 24.3 Å². The lowest BCUT2D eigenvalue weighted by Gasteiger charge is -2.18. The molecule has 0 saturated carbocycles. The number of pyridine rings is 1.